The van der Waals surface area contributed by atoms with Crippen molar-refractivity contribution in [1.82, 2.24) is 4.31 Å². The molecule has 0 saturated carbocycles. The van der Waals surface area contributed by atoms with Crippen LogP contribution in [0.2, 0.25) is 0 Å². The smallest absolute Gasteiger partial charge is 0.207 e. The zero-order valence-corrected chi connectivity index (χ0v) is 12.3. The maximum absolute atomic E-state index is 13.7. The third kappa shape index (κ3) is 2.84. The maximum Gasteiger partial charge on any atom is 0.243 e. The van der Waals surface area contributed by atoms with E-state index in [9.17, 15) is 12.8 Å². The van der Waals surface area contributed by atoms with Crippen molar-refractivity contribution in [2.75, 3.05) is 13.1 Å². The van der Waals surface area contributed by atoms with E-state index < -0.39 is 15.8 Å². The van der Waals surface area contributed by atoms with Crippen LogP contribution in [0, 0.1) is 12.7 Å². The van der Waals surface area contributed by atoms with Crippen LogP contribution in [0.1, 0.15) is 25.0 Å². The molecule has 0 saturated heterocycles. The molecule has 0 bridgehead atoms. The summed E-state index contributed by atoms with van der Waals surface area (Å²) in [7, 11) is -3.65. The first-order valence-corrected chi connectivity index (χ1v) is 7.71. The Kier molecular flexibility index (Phi) is 5.13. The van der Waals surface area contributed by atoms with Crippen molar-refractivity contribution in [3.8, 4) is 0 Å². The molecule has 1 rings (SSSR count). The monoisotopic (exact) mass is 293 g/mol. The number of hydrogen-bond acceptors (Lipinski definition) is 2. The van der Waals surface area contributed by atoms with Gasteiger partial charge in [0, 0.05) is 24.5 Å². The van der Waals surface area contributed by atoms with Crippen LogP contribution in [-0.4, -0.2) is 25.8 Å². The summed E-state index contributed by atoms with van der Waals surface area (Å²) in [5.41, 5.74) is 0.598. The maximum atomic E-state index is 13.7. The zero-order valence-electron chi connectivity index (χ0n) is 10.7. The highest BCUT2D eigenvalue weighted by molar-refractivity contribution is 7.89. The summed E-state index contributed by atoms with van der Waals surface area (Å²) in [4.78, 5) is 0.00171. The van der Waals surface area contributed by atoms with E-state index in [2.05, 4.69) is 0 Å². The molecule has 6 heteroatoms. The fourth-order valence-electron chi connectivity index (χ4n) is 1.75. The molecule has 0 aliphatic rings. The Labute approximate surface area is 113 Å². The lowest BCUT2D eigenvalue weighted by molar-refractivity contribution is 0.444. The van der Waals surface area contributed by atoms with Gasteiger partial charge in [-0.05, 0) is 24.6 Å². The van der Waals surface area contributed by atoms with Crippen LogP contribution in [-0.2, 0) is 15.9 Å². The van der Waals surface area contributed by atoms with Gasteiger partial charge in [-0.3, -0.25) is 0 Å². The summed E-state index contributed by atoms with van der Waals surface area (Å²) < 4.78 is 39.7. The van der Waals surface area contributed by atoms with Crippen molar-refractivity contribution in [2.24, 2.45) is 0 Å². The van der Waals surface area contributed by atoms with Gasteiger partial charge >= 0.3 is 0 Å². The number of nitrogens with zero attached hydrogens (tertiary/aromatic N) is 1. The minimum absolute atomic E-state index is 0.00171. The Hall–Kier alpha value is -0.650. The van der Waals surface area contributed by atoms with E-state index in [0.717, 1.165) is 0 Å². The van der Waals surface area contributed by atoms with Crippen LogP contribution in [0.4, 0.5) is 4.39 Å². The van der Waals surface area contributed by atoms with Gasteiger partial charge in [-0.2, -0.15) is 4.31 Å². The lowest BCUT2D eigenvalue weighted by Gasteiger charge is -2.20. The van der Waals surface area contributed by atoms with Crippen LogP contribution in [0.25, 0.3) is 0 Å². The molecule has 0 aliphatic heterocycles. The first-order chi connectivity index (χ1) is 8.38. The summed E-state index contributed by atoms with van der Waals surface area (Å²) in [6.07, 6.45) is 0. The molecule has 3 nitrogen and oxygen atoms in total. The number of hydrogen-bond donors (Lipinski definition) is 0. The standard InChI is InChI=1S/C12H17ClFNO2S/c1-4-15(5-2)18(16,17)12-7-10(8-13)6-11(14)9(12)3/h6-7H,4-5,8H2,1-3H3. The van der Waals surface area contributed by atoms with Gasteiger partial charge in [-0.15, -0.1) is 11.6 Å². The van der Waals surface area contributed by atoms with Gasteiger partial charge in [0.25, 0.3) is 0 Å². The summed E-state index contributed by atoms with van der Waals surface area (Å²) in [5, 5.41) is 0. The fourth-order valence-corrected chi connectivity index (χ4v) is 3.65. The Balaban J connectivity index is 3.45. The van der Waals surface area contributed by atoms with Gasteiger partial charge in [0.1, 0.15) is 5.82 Å². The number of alkyl halides is 1. The predicted octanol–water partition coefficient (Wildman–Crippen LogP) is 2.90. The van der Waals surface area contributed by atoms with E-state index in [-0.39, 0.29) is 16.3 Å². The second-order valence-electron chi connectivity index (χ2n) is 3.92. The Morgan fingerprint density at radius 2 is 1.83 bits per heavy atom. The third-order valence-corrected chi connectivity index (χ3v) is 5.32. The molecule has 0 fully saturated rings. The number of sulfonamides is 1. The lowest BCUT2D eigenvalue weighted by Crippen LogP contribution is -2.31. The fraction of sp³-hybridized carbons (Fsp3) is 0.500. The zero-order chi connectivity index (χ0) is 13.9. The van der Waals surface area contributed by atoms with Gasteiger partial charge in [-0.1, -0.05) is 13.8 Å². The van der Waals surface area contributed by atoms with Crippen LogP contribution in [0.15, 0.2) is 17.0 Å². The number of rotatable bonds is 5. The Morgan fingerprint density at radius 3 is 2.28 bits per heavy atom. The van der Waals surface area contributed by atoms with Gasteiger partial charge in [0.15, 0.2) is 0 Å². The lowest BCUT2D eigenvalue weighted by atomic mass is 10.1. The quantitative estimate of drug-likeness (QED) is 0.783. The van der Waals surface area contributed by atoms with Crippen molar-refractivity contribution >= 4 is 21.6 Å². The Morgan fingerprint density at radius 1 is 1.28 bits per heavy atom. The van der Waals surface area contributed by atoms with Gasteiger partial charge in [-0.25, -0.2) is 12.8 Å². The van der Waals surface area contributed by atoms with E-state index in [0.29, 0.717) is 18.7 Å². The molecule has 0 N–H and O–H groups in total. The average Bonchev–Trinajstić information content (AvgIpc) is 2.33. The van der Waals surface area contributed by atoms with E-state index in [1.165, 1.54) is 23.4 Å². The first kappa shape index (κ1) is 15.4. The van der Waals surface area contributed by atoms with Crippen molar-refractivity contribution in [3.63, 3.8) is 0 Å². The highest BCUT2D eigenvalue weighted by atomic mass is 35.5. The summed E-state index contributed by atoms with van der Waals surface area (Å²) in [6.45, 7) is 5.66. The van der Waals surface area contributed by atoms with E-state index in [1.54, 1.807) is 13.8 Å². The van der Waals surface area contributed by atoms with E-state index >= 15 is 0 Å². The van der Waals surface area contributed by atoms with Gasteiger partial charge < -0.3 is 0 Å². The summed E-state index contributed by atoms with van der Waals surface area (Å²) in [6, 6.07) is 2.71. The van der Waals surface area contributed by atoms with Crippen molar-refractivity contribution in [1.29, 1.82) is 0 Å². The molecule has 1 aromatic rings. The van der Waals surface area contributed by atoms with Crippen molar-refractivity contribution in [3.05, 3.63) is 29.1 Å². The molecule has 0 unspecified atom stereocenters. The largest absolute Gasteiger partial charge is 0.243 e. The average molecular weight is 294 g/mol. The SMILES string of the molecule is CCN(CC)S(=O)(=O)c1cc(CCl)cc(F)c1C. The molecule has 0 heterocycles. The second kappa shape index (κ2) is 5.99. The topological polar surface area (TPSA) is 37.4 Å². The van der Waals surface area contributed by atoms with Crippen LogP contribution in [0.3, 0.4) is 0 Å². The molecule has 0 radical (unpaired) electrons. The molecule has 0 aliphatic carbocycles. The van der Waals surface area contributed by atoms with E-state index in [1.807, 2.05) is 0 Å². The van der Waals surface area contributed by atoms with Crippen molar-refractivity contribution in [2.45, 2.75) is 31.5 Å². The molecule has 18 heavy (non-hydrogen) atoms. The molecule has 0 aromatic heterocycles. The van der Waals surface area contributed by atoms with E-state index in [4.69, 9.17) is 11.6 Å². The second-order valence-corrected chi connectivity index (χ2v) is 6.10. The van der Waals surface area contributed by atoms with Crippen molar-refractivity contribution < 1.29 is 12.8 Å². The molecular formula is C12H17ClFNO2S. The molecule has 0 atom stereocenters. The van der Waals surface area contributed by atoms with Crippen LogP contribution < -0.4 is 0 Å². The van der Waals surface area contributed by atoms with Crippen LogP contribution in [0.5, 0.6) is 0 Å². The predicted molar refractivity (Wildman–Crippen MR) is 70.8 cm³/mol. The highest BCUT2D eigenvalue weighted by Crippen LogP contribution is 2.24. The first-order valence-electron chi connectivity index (χ1n) is 5.73. The van der Waals surface area contributed by atoms with Gasteiger partial charge in [0.2, 0.25) is 10.0 Å². The molecule has 0 spiro atoms. The number of benzene rings is 1. The normalized spacial score (nSPS) is 12.1. The molecular weight excluding hydrogens is 277 g/mol. The Bertz CT molecular complexity index is 527. The van der Waals surface area contributed by atoms with Crippen LogP contribution >= 0.6 is 11.6 Å². The van der Waals surface area contributed by atoms with Gasteiger partial charge in [0.05, 0.1) is 4.90 Å². The minimum atomic E-state index is -3.65. The molecule has 102 valence electrons. The summed E-state index contributed by atoms with van der Waals surface area (Å²) >= 11 is 5.65. The minimum Gasteiger partial charge on any atom is -0.207 e. The third-order valence-electron chi connectivity index (χ3n) is 2.83. The molecule has 1 aromatic carbocycles. The summed E-state index contributed by atoms with van der Waals surface area (Å²) in [5.74, 6) is -0.461. The highest BCUT2D eigenvalue weighted by Gasteiger charge is 2.25. The molecule has 0 amide bonds. The number of halogens is 2.